The van der Waals surface area contributed by atoms with Crippen LogP contribution in [-0.2, 0) is 14.4 Å². The summed E-state index contributed by atoms with van der Waals surface area (Å²) in [5, 5.41) is 13.5. The molecule has 2 saturated heterocycles. The molecule has 0 spiro atoms. The molecule has 0 radical (unpaired) electrons. The lowest BCUT2D eigenvalue weighted by atomic mass is 9.72. The van der Waals surface area contributed by atoms with Gasteiger partial charge in [0.05, 0.1) is 18.9 Å². The van der Waals surface area contributed by atoms with E-state index in [-0.39, 0.29) is 17.7 Å². The van der Waals surface area contributed by atoms with Gasteiger partial charge in [-0.15, -0.1) is 0 Å². The molecule has 2 amide bonds. The zero-order chi connectivity index (χ0) is 21.3. The third-order valence-corrected chi connectivity index (χ3v) is 6.64. The van der Waals surface area contributed by atoms with Crippen LogP contribution in [0.1, 0.15) is 51.6 Å². The normalized spacial score (nSPS) is 29.8. The van der Waals surface area contributed by atoms with Crippen LogP contribution in [0.2, 0.25) is 0 Å². The van der Waals surface area contributed by atoms with E-state index < -0.39 is 29.4 Å². The molecule has 0 bridgehead atoms. The largest absolute Gasteiger partial charge is 0.496 e. The number of hydrogen-bond donors (Lipinski definition) is 2. The van der Waals surface area contributed by atoms with Crippen molar-refractivity contribution in [2.75, 3.05) is 13.7 Å². The van der Waals surface area contributed by atoms with E-state index in [2.05, 4.69) is 5.32 Å². The van der Waals surface area contributed by atoms with Crippen molar-refractivity contribution in [3.8, 4) is 5.75 Å². The number of para-hydroxylation sites is 1. The Morgan fingerprint density at radius 2 is 1.97 bits per heavy atom. The SMILES string of the molecule is CCCCN1C(=O)C2C(c3ccccc3OC)NC(C(=O)O)(C(C)CC)C2C1=O. The molecule has 29 heavy (non-hydrogen) atoms. The van der Waals surface area contributed by atoms with Crippen molar-refractivity contribution in [2.24, 2.45) is 17.8 Å². The van der Waals surface area contributed by atoms with Crippen LogP contribution in [0.5, 0.6) is 5.75 Å². The number of hydrogen-bond acceptors (Lipinski definition) is 5. The molecule has 5 unspecified atom stereocenters. The second kappa shape index (κ2) is 8.14. The number of likely N-dealkylation sites (tertiary alicyclic amines) is 1. The number of carbonyl (C=O) groups excluding carboxylic acids is 2. The molecule has 5 atom stereocenters. The maximum Gasteiger partial charge on any atom is 0.325 e. The summed E-state index contributed by atoms with van der Waals surface area (Å²) in [5.41, 5.74) is -0.798. The van der Waals surface area contributed by atoms with E-state index >= 15 is 0 Å². The zero-order valence-electron chi connectivity index (χ0n) is 17.5. The lowest BCUT2D eigenvalue weighted by molar-refractivity contribution is -0.154. The minimum atomic E-state index is -1.50. The maximum atomic E-state index is 13.3. The molecule has 1 aromatic carbocycles. The number of ether oxygens (including phenoxy) is 1. The Hall–Kier alpha value is -2.41. The zero-order valence-corrected chi connectivity index (χ0v) is 17.5. The highest BCUT2D eigenvalue weighted by Gasteiger charge is 2.69. The van der Waals surface area contributed by atoms with Gasteiger partial charge in [0.1, 0.15) is 11.3 Å². The molecule has 0 aromatic heterocycles. The first kappa shape index (κ1) is 21.3. The molecule has 2 N–H and O–H groups in total. The van der Waals surface area contributed by atoms with Crippen molar-refractivity contribution in [2.45, 2.75) is 51.6 Å². The molecular weight excluding hydrogens is 372 g/mol. The van der Waals surface area contributed by atoms with E-state index in [0.717, 1.165) is 6.42 Å². The number of carboxylic acid groups (broad SMARTS) is 1. The molecule has 1 aromatic rings. The number of aliphatic carboxylic acids is 1. The number of methoxy groups -OCH3 is 1. The van der Waals surface area contributed by atoms with Gasteiger partial charge in [-0.2, -0.15) is 0 Å². The second-order valence-corrected chi connectivity index (χ2v) is 8.03. The van der Waals surface area contributed by atoms with Gasteiger partial charge in [-0.25, -0.2) is 0 Å². The molecule has 2 aliphatic heterocycles. The quantitative estimate of drug-likeness (QED) is 0.649. The third-order valence-electron chi connectivity index (χ3n) is 6.64. The number of benzene rings is 1. The van der Waals surface area contributed by atoms with Crippen LogP contribution in [0.4, 0.5) is 0 Å². The summed E-state index contributed by atoms with van der Waals surface area (Å²) in [6.07, 6.45) is 2.11. The topological polar surface area (TPSA) is 95.9 Å². The highest BCUT2D eigenvalue weighted by Crippen LogP contribution is 2.53. The first-order chi connectivity index (χ1) is 13.8. The van der Waals surface area contributed by atoms with E-state index in [1.54, 1.807) is 13.2 Å². The van der Waals surface area contributed by atoms with Gasteiger partial charge < -0.3 is 9.84 Å². The molecular formula is C22H30N2O5. The van der Waals surface area contributed by atoms with Crippen LogP contribution in [0, 0.1) is 17.8 Å². The van der Waals surface area contributed by atoms with E-state index in [9.17, 15) is 19.5 Å². The summed E-state index contributed by atoms with van der Waals surface area (Å²) < 4.78 is 5.48. The van der Waals surface area contributed by atoms with Crippen molar-refractivity contribution in [3.63, 3.8) is 0 Å². The van der Waals surface area contributed by atoms with Crippen molar-refractivity contribution >= 4 is 17.8 Å². The predicted molar refractivity (Wildman–Crippen MR) is 107 cm³/mol. The van der Waals surface area contributed by atoms with Crippen LogP contribution in [0.3, 0.4) is 0 Å². The van der Waals surface area contributed by atoms with Crippen molar-refractivity contribution in [1.82, 2.24) is 10.2 Å². The standard InChI is InChI=1S/C22H30N2O5/c1-5-7-12-24-19(25)16-17(20(24)26)22(21(27)28,13(3)6-2)23-18(16)14-10-8-9-11-15(14)29-4/h8-11,13,16-18,23H,5-7,12H2,1-4H3,(H,27,28). The molecule has 7 heteroatoms. The first-order valence-corrected chi connectivity index (χ1v) is 10.3. The number of amides is 2. The Morgan fingerprint density at radius 1 is 1.28 bits per heavy atom. The number of nitrogens with one attached hydrogen (secondary N) is 1. The van der Waals surface area contributed by atoms with E-state index in [1.165, 1.54) is 4.90 Å². The summed E-state index contributed by atoms with van der Waals surface area (Å²) in [5.74, 6) is -3.21. The van der Waals surface area contributed by atoms with Gasteiger partial charge >= 0.3 is 5.97 Å². The van der Waals surface area contributed by atoms with Gasteiger partial charge in [-0.1, -0.05) is 51.8 Å². The Morgan fingerprint density at radius 3 is 2.55 bits per heavy atom. The molecule has 158 valence electrons. The highest BCUT2D eigenvalue weighted by molar-refractivity contribution is 6.09. The number of carboxylic acids is 1. The van der Waals surface area contributed by atoms with Crippen molar-refractivity contribution in [3.05, 3.63) is 29.8 Å². The van der Waals surface area contributed by atoms with Crippen LogP contribution in [-0.4, -0.2) is 47.0 Å². The molecule has 0 saturated carbocycles. The van der Waals surface area contributed by atoms with Crippen LogP contribution in [0.25, 0.3) is 0 Å². The maximum absolute atomic E-state index is 13.3. The van der Waals surface area contributed by atoms with Gasteiger partial charge in [0.2, 0.25) is 11.8 Å². The lowest BCUT2D eigenvalue weighted by Gasteiger charge is -2.36. The Kier molecular flexibility index (Phi) is 5.98. The van der Waals surface area contributed by atoms with Gasteiger partial charge in [-0.3, -0.25) is 24.6 Å². The number of rotatable bonds is 8. The van der Waals surface area contributed by atoms with Crippen LogP contribution >= 0.6 is 0 Å². The van der Waals surface area contributed by atoms with Crippen LogP contribution in [0.15, 0.2) is 24.3 Å². The molecule has 3 rings (SSSR count). The average Bonchev–Trinajstić information content (AvgIpc) is 3.21. The van der Waals surface area contributed by atoms with Gasteiger partial charge in [0, 0.05) is 18.2 Å². The minimum Gasteiger partial charge on any atom is -0.496 e. The molecule has 2 aliphatic rings. The highest BCUT2D eigenvalue weighted by atomic mass is 16.5. The fourth-order valence-electron chi connectivity index (χ4n) is 4.91. The number of nitrogens with zero attached hydrogens (tertiary/aromatic N) is 1. The van der Waals surface area contributed by atoms with Gasteiger partial charge in [-0.05, 0) is 18.4 Å². The number of carbonyl (C=O) groups is 3. The molecule has 2 fully saturated rings. The molecule has 0 aliphatic carbocycles. The van der Waals surface area contributed by atoms with Gasteiger partial charge in [0.25, 0.3) is 0 Å². The molecule has 2 heterocycles. The van der Waals surface area contributed by atoms with E-state index in [1.807, 2.05) is 39.0 Å². The summed E-state index contributed by atoms with van der Waals surface area (Å²) >= 11 is 0. The lowest BCUT2D eigenvalue weighted by Crippen LogP contribution is -2.59. The van der Waals surface area contributed by atoms with Gasteiger partial charge in [0.15, 0.2) is 0 Å². The fraction of sp³-hybridized carbons (Fsp3) is 0.591. The van der Waals surface area contributed by atoms with Crippen molar-refractivity contribution in [1.29, 1.82) is 0 Å². The van der Waals surface area contributed by atoms with E-state index in [0.29, 0.717) is 30.7 Å². The van der Waals surface area contributed by atoms with E-state index in [4.69, 9.17) is 4.74 Å². The minimum absolute atomic E-state index is 0.289. The smallest absolute Gasteiger partial charge is 0.325 e. The van der Waals surface area contributed by atoms with Crippen molar-refractivity contribution < 1.29 is 24.2 Å². The first-order valence-electron chi connectivity index (χ1n) is 10.3. The summed E-state index contributed by atoms with van der Waals surface area (Å²) in [6.45, 7) is 6.05. The van der Waals surface area contributed by atoms with Crippen LogP contribution < -0.4 is 10.1 Å². The monoisotopic (exact) mass is 402 g/mol. The second-order valence-electron chi connectivity index (χ2n) is 8.03. The number of fused-ring (bicyclic) bond motifs is 1. The summed E-state index contributed by atoms with van der Waals surface area (Å²) in [7, 11) is 1.54. The Balaban J connectivity index is 2.16. The molecule has 7 nitrogen and oxygen atoms in total. The summed E-state index contributed by atoms with van der Waals surface area (Å²) in [4.78, 5) is 40.6. The number of unbranched alkanes of at least 4 members (excludes halogenated alkanes) is 1. The number of imide groups is 1. The predicted octanol–water partition coefficient (Wildman–Crippen LogP) is 2.61. The fourth-order valence-corrected chi connectivity index (χ4v) is 4.91. The Bertz CT molecular complexity index is 810. The summed E-state index contributed by atoms with van der Waals surface area (Å²) in [6, 6.07) is 6.66. The third kappa shape index (κ3) is 3.12. The average molecular weight is 402 g/mol. The Labute approximate surface area is 171 Å².